The molecule has 1 heterocycles. The van der Waals surface area contributed by atoms with E-state index >= 15 is 0 Å². The van der Waals surface area contributed by atoms with E-state index in [4.69, 9.17) is 10.4 Å². The lowest BCUT2D eigenvalue weighted by atomic mass is 10.2. The van der Waals surface area contributed by atoms with Crippen molar-refractivity contribution in [2.24, 2.45) is 0 Å². The molecule has 7 nitrogen and oxygen atoms in total. The molecular weight excluding hydrogens is 210 g/mol. The summed E-state index contributed by atoms with van der Waals surface area (Å²) in [5.41, 5.74) is 0. The molecule has 74 valence electrons. The number of aromatic nitrogens is 1. The van der Waals surface area contributed by atoms with Crippen LogP contribution in [0.25, 0.3) is 0 Å². The Labute approximate surface area is 82.0 Å². The highest BCUT2D eigenvalue weighted by Gasteiger charge is 2.23. The van der Waals surface area contributed by atoms with Gasteiger partial charge in [0.15, 0.2) is 6.10 Å². The number of nitro groups is 1. The van der Waals surface area contributed by atoms with E-state index in [0.717, 1.165) is 6.20 Å². The lowest BCUT2D eigenvalue weighted by Gasteiger charge is -2.06. The van der Waals surface area contributed by atoms with Crippen LogP contribution in [0.2, 0.25) is 0 Å². The zero-order valence-corrected chi connectivity index (χ0v) is 7.51. The van der Waals surface area contributed by atoms with Gasteiger partial charge in [0, 0.05) is 0 Å². The third-order valence-electron chi connectivity index (χ3n) is 1.38. The van der Waals surface area contributed by atoms with Gasteiger partial charge in [-0.15, -0.1) is 0 Å². The molecule has 0 fully saturated rings. The maximum absolute atomic E-state index is 10.2. The van der Waals surface area contributed by atoms with Crippen molar-refractivity contribution in [3.05, 3.63) is 21.3 Å². The summed E-state index contributed by atoms with van der Waals surface area (Å²) in [6.07, 6.45) is -2.16. The molecule has 0 saturated carbocycles. The Morgan fingerprint density at radius 1 is 1.71 bits per heavy atom. The summed E-state index contributed by atoms with van der Waals surface area (Å²) in [4.78, 5) is 13.1. The van der Waals surface area contributed by atoms with E-state index in [0.29, 0.717) is 11.3 Å². The van der Waals surface area contributed by atoms with Crippen LogP contribution in [0.1, 0.15) is 11.1 Å². The Kier molecular flexibility index (Phi) is 3.08. The Balaban J connectivity index is 2.87. The lowest BCUT2D eigenvalue weighted by molar-refractivity contribution is -0.380. The van der Waals surface area contributed by atoms with Crippen LogP contribution in [0.4, 0.5) is 5.00 Å². The molecule has 0 spiro atoms. The van der Waals surface area contributed by atoms with Crippen molar-refractivity contribution in [1.82, 2.24) is 4.98 Å². The Hall–Kier alpha value is -1.56. The number of hydrogen-bond acceptors (Lipinski definition) is 7. The molecule has 0 aliphatic carbocycles. The zero-order valence-electron chi connectivity index (χ0n) is 6.69. The minimum atomic E-state index is -1.62. The van der Waals surface area contributed by atoms with Crippen molar-refractivity contribution in [3.63, 3.8) is 0 Å². The highest BCUT2D eigenvalue weighted by atomic mass is 32.1. The molecule has 2 unspecified atom stereocenters. The van der Waals surface area contributed by atoms with E-state index < -0.39 is 17.1 Å². The van der Waals surface area contributed by atoms with Crippen molar-refractivity contribution in [2.45, 2.75) is 12.2 Å². The van der Waals surface area contributed by atoms with Crippen molar-refractivity contribution >= 4 is 16.3 Å². The van der Waals surface area contributed by atoms with E-state index in [1.165, 1.54) is 6.07 Å². The fraction of sp³-hybridized carbons (Fsp3) is 0.333. The first kappa shape index (κ1) is 10.5. The van der Waals surface area contributed by atoms with E-state index in [1.54, 1.807) is 0 Å². The number of thiazole rings is 1. The van der Waals surface area contributed by atoms with Crippen LogP contribution >= 0.6 is 11.3 Å². The van der Waals surface area contributed by atoms with Crippen LogP contribution in [0, 0.1) is 21.4 Å². The van der Waals surface area contributed by atoms with E-state index in [2.05, 4.69) is 4.98 Å². The van der Waals surface area contributed by atoms with Gasteiger partial charge >= 0.3 is 5.00 Å². The van der Waals surface area contributed by atoms with Gasteiger partial charge < -0.3 is 10.2 Å². The third-order valence-corrected chi connectivity index (χ3v) is 2.40. The molecule has 0 aliphatic rings. The molecule has 0 aromatic carbocycles. The fourth-order valence-electron chi connectivity index (χ4n) is 0.705. The smallest absolute Gasteiger partial charge is 0.344 e. The predicted octanol–water partition coefficient (Wildman–Crippen LogP) is -0.0308. The average molecular weight is 215 g/mol. The third kappa shape index (κ3) is 2.02. The van der Waals surface area contributed by atoms with Crippen molar-refractivity contribution in [1.29, 1.82) is 5.26 Å². The van der Waals surface area contributed by atoms with Gasteiger partial charge in [0.1, 0.15) is 17.3 Å². The number of aliphatic hydroxyl groups excluding tert-OH is 2. The van der Waals surface area contributed by atoms with Crippen molar-refractivity contribution in [2.75, 3.05) is 0 Å². The number of nitrogens with zero attached hydrogens (tertiary/aromatic N) is 3. The second-order valence-corrected chi connectivity index (χ2v) is 3.35. The summed E-state index contributed by atoms with van der Waals surface area (Å²) in [5.74, 6) is 0. The molecule has 1 aromatic rings. The molecule has 2 atom stereocenters. The Morgan fingerprint density at radius 3 is 2.79 bits per heavy atom. The van der Waals surface area contributed by atoms with Gasteiger partial charge in [-0.1, -0.05) is 0 Å². The van der Waals surface area contributed by atoms with Gasteiger partial charge in [-0.05, 0) is 11.3 Å². The molecule has 2 N–H and O–H groups in total. The summed E-state index contributed by atoms with van der Waals surface area (Å²) in [6.45, 7) is 0. The van der Waals surface area contributed by atoms with Gasteiger partial charge in [-0.2, -0.15) is 5.26 Å². The number of rotatable bonds is 3. The van der Waals surface area contributed by atoms with Crippen LogP contribution < -0.4 is 0 Å². The molecule has 14 heavy (non-hydrogen) atoms. The maximum Gasteiger partial charge on any atom is 0.344 e. The Bertz CT molecular complexity index is 385. The van der Waals surface area contributed by atoms with Gasteiger partial charge in [0.05, 0.1) is 11.0 Å². The van der Waals surface area contributed by atoms with Crippen LogP contribution in [-0.2, 0) is 0 Å². The first-order valence-electron chi connectivity index (χ1n) is 3.42. The van der Waals surface area contributed by atoms with Gasteiger partial charge in [-0.25, -0.2) is 4.98 Å². The Morgan fingerprint density at radius 2 is 2.36 bits per heavy atom. The minimum Gasteiger partial charge on any atom is -0.382 e. The van der Waals surface area contributed by atoms with Gasteiger partial charge in [-0.3, -0.25) is 10.1 Å². The molecule has 0 aliphatic heterocycles. The van der Waals surface area contributed by atoms with Crippen LogP contribution in [0.5, 0.6) is 0 Å². The maximum atomic E-state index is 10.2. The number of aliphatic hydroxyl groups is 2. The molecule has 0 radical (unpaired) electrons. The van der Waals surface area contributed by atoms with Crippen LogP contribution in [-0.4, -0.2) is 26.2 Å². The number of hydrogen-bond donors (Lipinski definition) is 2. The minimum absolute atomic E-state index is 0.0502. The topological polar surface area (TPSA) is 120 Å². The summed E-state index contributed by atoms with van der Waals surface area (Å²) in [5, 5.41) is 36.4. The molecule has 0 amide bonds. The van der Waals surface area contributed by atoms with Crippen molar-refractivity contribution < 1.29 is 15.1 Å². The second-order valence-electron chi connectivity index (χ2n) is 2.31. The van der Waals surface area contributed by atoms with Crippen LogP contribution in [0.3, 0.4) is 0 Å². The molecule has 1 aromatic heterocycles. The molecule has 0 saturated heterocycles. The van der Waals surface area contributed by atoms with E-state index in [9.17, 15) is 15.2 Å². The van der Waals surface area contributed by atoms with Crippen LogP contribution in [0.15, 0.2) is 6.20 Å². The summed E-state index contributed by atoms with van der Waals surface area (Å²) < 4.78 is 0. The van der Waals surface area contributed by atoms with Gasteiger partial charge in [0.2, 0.25) is 0 Å². The highest BCUT2D eigenvalue weighted by molar-refractivity contribution is 7.14. The van der Waals surface area contributed by atoms with Gasteiger partial charge in [0.25, 0.3) is 0 Å². The normalized spacial score (nSPS) is 14.4. The molecule has 8 heteroatoms. The van der Waals surface area contributed by atoms with Crippen molar-refractivity contribution in [3.8, 4) is 6.07 Å². The first-order valence-corrected chi connectivity index (χ1v) is 4.23. The second kappa shape index (κ2) is 4.10. The monoisotopic (exact) mass is 215 g/mol. The zero-order chi connectivity index (χ0) is 10.7. The lowest BCUT2D eigenvalue weighted by Crippen LogP contribution is -2.15. The van der Waals surface area contributed by atoms with E-state index in [-0.39, 0.29) is 10.0 Å². The average Bonchev–Trinajstić information content (AvgIpc) is 2.64. The molecule has 1 rings (SSSR count). The summed E-state index contributed by atoms with van der Waals surface area (Å²) >= 11 is 0.621. The SMILES string of the molecule is N#CC(O)C(O)c1ncc([N+](=O)[O-])s1. The standard InChI is InChI=1S/C6H5N3O4S/c7-1-3(10)5(11)6-8-2-4(14-6)9(12)13/h2-3,5,10-11H. The number of nitriles is 1. The molecule has 0 bridgehead atoms. The first-order chi connectivity index (χ1) is 6.56. The fourth-order valence-corrected chi connectivity index (χ4v) is 1.45. The van der Waals surface area contributed by atoms with E-state index in [1.807, 2.05) is 0 Å². The highest BCUT2D eigenvalue weighted by Crippen LogP contribution is 2.27. The molecular formula is C6H5N3O4S. The largest absolute Gasteiger partial charge is 0.382 e. The summed E-state index contributed by atoms with van der Waals surface area (Å²) in [7, 11) is 0. The quantitative estimate of drug-likeness (QED) is 0.415. The summed E-state index contributed by atoms with van der Waals surface area (Å²) in [6, 6.07) is 1.40. The predicted molar refractivity (Wildman–Crippen MR) is 45.3 cm³/mol.